The summed E-state index contributed by atoms with van der Waals surface area (Å²) in [6, 6.07) is 4.88. The Balaban J connectivity index is 1.86. The van der Waals surface area contributed by atoms with Crippen LogP contribution >= 0.6 is 0 Å². The van der Waals surface area contributed by atoms with Crippen LogP contribution in [-0.4, -0.2) is 66.9 Å². The van der Waals surface area contributed by atoms with E-state index >= 15 is 0 Å². The van der Waals surface area contributed by atoms with Crippen LogP contribution < -0.4 is 20.7 Å². The summed E-state index contributed by atoms with van der Waals surface area (Å²) in [4.78, 5) is 52.0. The van der Waals surface area contributed by atoms with Gasteiger partial charge < -0.3 is 25.6 Å². The number of rotatable bonds is 1. The first-order chi connectivity index (χ1) is 14.0. The average molecular weight is 402 g/mol. The first-order valence-electron chi connectivity index (χ1n) is 9.84. The highest BCUT2D eigenvalue weighted by atomic mass is 16.5. The van der Waals surface area contributed by atoms with Gasteiger partial charge >= 0.3 is 0 Å². The van der Waals surface area contributed by atoms with E-state index in [4.69, 9.17) is 4.74 Å². The first-order valence-corrected chi connectivity index (χ1v) is 9.84. The highest BCUT2D eigenvalue weighted by Gasteiger charge is 2.31. The number of likely N-dealkylation sites (tertiary alicyclic amines) is 1. The smallest absolute Gasteiger partial charge is 0.255 e. The van der Waals surface area contributed by atoms with Gasteiger partial charge in [-0.3, -0.25) is 19.2 Å². The molecule has 0 radical (unpaired) electrons. The monoisotopic (exact) mass is 402 g/mol. The molecule has 3 rings (SSSR count). The molecule has 2 heterocycles. The quantitative estimate of drug-likeness (QED) is 0.602. The van der Waals surface area contributed by atoms with Crippen molar-refractivity contribution in [3.63, 3.8) is 0 Å². The molecule has 29 heavy (non-hydrogen) atoms. The summed E-state index contributed by atoms with van der Waals surface area (Å²) in [7, 11) is 0. The lowest BCUT2D eigenvalue weighted by atomic mass is 10.1. The van der Waals surface area contributed by atoms with Crippen molar-refractivity contribution in [3.8, 4) is 5.75 Å². The number of benzene rings is 1. The third kappa shape index (κ3) is 5.24. The van der Waals surface area contributed by atoms with Crippen LogP contribution in [0, 0.1) is 0 Å². The second-order valence-electron chi connectivity index (χ2n) is 7.19. The van der Waals surface area contributed by atoms with Crippen LogP contribution in [0.1, 0.15) is 36.5 Å². The summed E-state index contributed by atoms with van der Waals surface area (Å²) in [6.45, 7) is 3.15. The van der Waals surface area contributed by atoms with Crippen molar-refractivity contribution in [1.29, 1.82) is 0 Å². The normalized spacial score (nSPS) is 23.8. The van der Waals surface area contributed by atoms with Crippen molar-refractivity contribution in [2.75, 3.05) is 26.2 Å². The Labute approximate surface area is 169 Å². The van der Waals surface area contributed by atoms with Crippen LogP contribution in [0.25, 0.3) is 0 Å². The third-order valence-electron chi connectivity index (χ3n) is 4.97. The molecule has 156 valence electrons. The number of ether oxygens (including phenoxy) is 1. The minimum absolute atomic E-state index is 0.160. The van der Waals surface area contributed by atoms with Gasteiger partial charge in [0.2, 0.25) is 17.7 Å². The van der Waals surface area contributed by atoms with Crippen LogP contribution in [0.4, 0.5) is 0 Å². The molecule has 0 bridgehead atoms. The van der Waals surface area contributed by atoms with Crippen molar-refractivity contribution in [3.05, 3.63) is 29.8 Å². The van der Waals surface area contributed by atoms with E-state index < -0.39 is 23.9 Å². The zero-order valence-electron chi connectivity index (χ0n) is 16.4. The molecule has 1 aromatic rings. The summed E-state index contributed by atoms with van der Waals surface area (Å²) < 4.78 is 5.64. The van der Waals surface area contributed by atoms with Crippen LogP contribution in [0.3, 0.4) is 0 Å². The molecule has 0 unspecified atom stereocenters. The Bertz CT molecular complexity index is 791. The maximum Gasteiger partial charge on any atom is 0.255 e. The van der Waals surface area contributed by atoms with Crippen molar-refractivity contribution in [2.24, 2.45) is 0 Å². The predicted molar refractivity (Wildman–Crippen MR) is 104 cm³/mol. The molecule has 3 N–H and O–H groups in total. The third-order valence-corrected chi connectivity index (χ3v) is 4.97. The fourth-order valence-corrected chi connectivity index (χ4v) is 3.41. The zero-order valence-corrected chi connectivity index (χ0v) is 16.4. The Hall–Kier alpha value is -3.10. The van der Waals surface area contributed by atoms with Gasteiger partial charge in [-0.15, -0.1) is 0 Å². The second-order valence-corrected chi connectivity index (χ2v) is 7.19. The van der Waals surface area contributed by atoms with Gasteiger partial charge in [-0.25, -0.2) is 0 Å². The maximum atomic E-state index is 12.9. The Kier molecular flexibility index (Phi) is 6.69. The zero-order chi connectivity index (χ0) is 20.8. The predicted octanol–water partition coefficient (Wildman–Crippen LogP) is -0.189. The number of para-hydroxylation sites is 1. The van der Waals surface area contributed by atoms with Gasteiger partial charge in [-0.2, -0.15) is 0 Å². The van der Waals surface area contributed by atoms with Crippen molar-refractivity contribution in [1.82, 2.24) is 20.9 Å². The van der Waals surface area contributed by atoms with Crippen LogP contribution in [-0.2, 0) is 14.4 Å². The summed E-state index contributed by atoms with van der Waals surface area (Å²) >= 11 is 0. The molecule has 1 fully saturated rings. The number of fused-ring (bicyclic) bond motifs is 1. The minimum atomic E-state index is -1.02. The molecular formula is C20H26N4O5. The van der Waals surface area contributed by atoms with Gasteiger partial charge in [-0.1, -0.05) is 12.1 Å². The minimum Gasteiger partial charge on any atom is -0.491 e. The van der Waals surface area contributed by atoms with Gasteiger partial charge in [0.1, 0.15) is 24.4 Å². The number of carbonyl (C=O) groups excluding carboxylic acids is 4. The Morgan fingerprint density at radius 2 is 1.83 bits per heavy atom. The number of nitrogens with one attached hydrogen (secondary N) is 3. The number of carbonyl (C=O) groups is 4. The van der Waals surface area contributed by atoms with E-state index in [2.05, 4.69) is 16.0 Å². The number of amides is 4. The van der Waals surface area contributed by atoms with E-state index in [1.165, 1.54) is 0 Å². The molecule has 1 aromatic carbocycles. The molecule has 9 nitrogen and oxygen atoms in total. The Morgan fingerprint density at radius 3 is 2.59 bits per heavy atom. The first kappa shape index (κ1) is 20.6. The summed E-state index contributed by atoms with van der Waals surface area (Å²) in [5, 5.41) is 7.94. The Morgan fingerprint density at radius 1 is 1.10 bits per heavy atom. The van der Waals surface area contributed by atoms with E-state index in [0.29, 0.717) is 18.8 Å². The molecule has 0 spiro atoms. The molecule has 0 aliphatic carbocycles. The summed E-state index contributed by atoms with van der Waals surface area (Å²) in [6.07, 6.45) is 1.54. The standard InChI is InChI=1S/C20H26N4O5/c1-13-18(26)21-8-11-29-16-7-3-2-6-14(16)19(27)23-15(12-17(25)22-13)20(28)24-9-4-5-10-24/h2-3,6-7,13,15H,4-5,8-12H2,1H3,(H,21,26)(H,22,25)(H,23,27)/t13-,15-/m0/s1. The molecule has 2 aliphatic rings. The maximum absolute atomic E-state index is 12.9. The topological polar surface area (TPSA) is 117 Å². The van der Waals surface area contributed by atoms with Gasteiger partial charge in [0, 0.05) is 13.1 Å². The molecule has 2 aliphatic heterocycles. The molecule has 2 atom stereocenters. The van der Waals surface area contributed by atoms with E-state index in [1.807, 2.05) is 0 Å². The van der Waals surface area contributed by atoms with Gasteiger partial charge in [0.25, 0.3) is 5.91 Å². The fourth-order valence-electron chi connectivity index (χ4n) is 3.41. The van der Waals surface area contributed by atoms with E-state index in [9.17, 15) is 19.2 Å². The second kappa shape index (κ2) is 9.40. The number of hydrogen-bond donors (Lipinski definition) is 3. The molecule has 4 amide bonds. The molecule has 1 saturated heterocycles. The van der Waals surface area contributed by atoms with Crippen molar-refractivity contribution in [2.45, 2.75) is 38.3 Å². The van der Waals surface area contributed by atoms with Crippen molar-refractivity contribution < 1.29 is 23.9 Å². The largest absolute Gasteiger partial charge is 0.491 e. The van der Waals surface area contributed by atoms with Crippen LogP contribution in [0.15, 0.2) is 24.3 Å². The van der Waals surface area contributed by atoms with E-state index in [0.717, 1.165) is 12.8 Å². The molecular weight excluding hydrogens is 376 g/mol. The highest BCUT2D eigenvalue weighted by molar-refractivity contribution is 6.01. The lowest BCUT2D eigenvalue weighted by molar-refractivity contribution is -0.135. The lowest BCUT2D eigenvalue weighted by Gasteiger charge is -2.25. The lowest BCUT2D eigenvalue weighted by Crippen LogP contribution is -2.52. The van der Waals surface area contributed by atoms with Crippen molar-refractivity contribution >= 4 is 23.6 Å². The molecule has 0 saturated carbocycles. The van der Waals surface area contributed by atoms with Gasteiger partial charge in [-0.05, 0) is 31.9 Å². The average Bonchev–Trinajstić information content (AvgIpc) is 3.24. The number of hydrogen-bond acceptors (Lipinski definition) is 5. The summed E-state index contributed by atoms with van der Waals surface area (Å²) in [5.74, 6) is -1.26. The SMILES string of the molecule is C[C@@H]1NC(=O)C[C@@H](C(=O)N2CCCC2)NC(=O)c2ccccc2OCCNC1=O. The summed E-state index contributed by atoms with van der Waals surface area (Å²) in [5.41, 5.74) is 0.267. The number of nitrogens with zero attached hydrogens (tertiary/aromatic N) is 1. The molecule has 9 heteroatoms. The van der Waals surface area contributed by atoms with E-state index in [1.54, 1.807) is 36.1 Å². The fraction of sp³-hybridized carbons (Fsp3) is 0.500. The molecule has 0 aromatic heterocycles. The van der Waals surface area contributed by atoms with Gasteiger partial charge in [0.05, 0.1) is 18.5 Å². The van der Waals surface area contributed by atoms with Crippen LogP contribution in [0.2, 0.25) is 0 Å². The van der Waals surface area contributed by atoms with Crippen LogP contribution in [0.5, 0.6) is 5.75 Å². The van der Waals surface area contributed by atoms with Gasteiger partial charge in [0.15, 0.2) is 0 Å². The highest BCUT2D eigenvalue weighted by Crippen LogP contribution is 2.19. The van der Waals surface area contributed by atoms with E-state index in [-0.39, 0.29) is 37.0 Å².